The minimum absolute atomic E-state index is 0.0234. The Morgan fingerprint density at radius 2 is 1.83 bits per heavy atom. The highest BCUT2D eigenvalue weighted by Gasteiger charge is 2.63. The number of hydrogen-bond donors (Lipinski definition) is 2. The molecule has 24 heavy (non-hydrogen) atoms. The molecule has 1 heterocycles. The van der Waals surface area contributed by atoms with Gasteiger partial charge in [-0.2, -0.15) is 13.2 Å². The molecule has 1 saturated carbocycles. The minimum Gasteiger partial charge on any atom is -0.375 e. The number of halogens is 4. The summed E-state index contributed by atoms with van der Waals surface area (Å²) in [7, 11) is 0. The first-order valence-electron chi connectivity index (χ1n) is 8.39. The van der Waals surface area contributed by atoms with E-state index in [-0.39, 0.29) is 24.5 Å². The van der Waals surface area contributed by atoms with E-state index in [1.54, 1.807) is 0 Å². The van der Waals surface area contributed by atoms with Crippen molar-refractivity contribution < 1.29 is 33.2 Å². The van der Waals surface area contributed by atoms with E-state index in [1.165, 1.54) is 6.92 Å². The van der Waals surface area contributed by atoms with Crippen LogP contribution in [0.3, 0.4) is 0 Å². The van der Waals surface area contributed by atoms with Gasteiger partial charge in [0.05, 0.1) is 12.7 Å². The summed E-state index contributed by atoms with van der Waals surface area (Å²) >= 11 is 2.47. The van der Waals surface area contributed by atoms with Gasteiger partial charge in [-0.05, 0) is 60.4 Å². The molecule has 1 unspecified atom stereocenters. The fraction of sp³-hybridized carbons (Fsp3) is 1.00. The summed E-state index contributed by atoms with van der Waals surface area (Å²) in [4.78, 5) is 4.90. The van der Waals surface area contributed by atoms with Crippen LogP contribution in [0.1, 0.15) is 46.5 Å². The lowest BCUT2D eigenvalue weighted by Crippen LogP contribution is -2.61. The number of rotatable bonds is 3. The van der Waals surface area contributed by atoms with Crippen LogP contribution in [0.4, 0.5) is 13.2 Å². The molecule has 0 aromatic rings. The standard InChI is InChI=1S/C16H26BrF3O4/c1-9-4-6-13(11(3)15(17,21)16(18,19)20)14(24-22)8-23-10(2)5-7-12(9)14/h9-13,21-22H,4-8H2,1-3H3/t9-,10+,11-,12?,13+,14-,15-/m1/s1. The van der Waals surface area contributed by atoms with Crippen molar-refractivity contribution in [2.24, 2.45) is 23.7 Å². The number of hydrogen-bond acceptors (Lipinski definition) is 4. The molecule has 1 aliphatic carbocycles. The fourth-order valence-corrected chi connectivity index (χ4v) is 4.84. The zero-order valence-corrected chi connectivity index (χ0v) is 15.7. The Labute approximate surface area is 148 Å². The predicted octanol–water partition coefficient (Wildman–Crippen LogP) is 4.36. The van der Waals surface area contributed by atoms with Gasteiger partial charge >= 0.3 is 6.18 Å². The third-order valence-electron chi connectivity index (χ3n) is 6.13. The van der Waals surface area contributed by atoms with Crippen LogP contribution in [0, 0.1) is 23.7 Å². The van der Waals surface area contributed by atoms with Gasteiger partial charge < -0.3 is 9.84 Å². The number of alkyl halides is 4. The molecule has 0 bridgehead atoms. The van der Waals surface area contributed by atoms with Gasteiger partial charge in [-0.25, -0.2) is 4.89 Å². The van der Waals surface area contributed by atoms with E-state index in [2.05, 4.69) is 15.9 Å². The first-order valence-corrected chi connectivity index (χ1v) is 9.18. The Bertz CT molecular complexity index is 446. The third-order valence-corrected chi connectivity index (χ3v) is 7.30. The van der Waals surface area contributed by atoms with E-state index in [4.69, 9.17) is 9.62 Å². The van der Waals surface area contributed by atoms with Crippen molar-refractivity contribution in [1.82, 2.24) is 0 Å². The Morgan fingerprint density at radius 3 is 2.38 bits per heavy atom. The second kappa shape index (κ2) is 7.02. The van der Waals surface area contributed by atoms with E-state index in [1.807, 2.05) is 13.8 Å². The highest BCUT2D eigenvalue weighted by molar-refractivity contribution is 9.10. The van der Waals surface area contributed by atoms with Crippen molar-refractivity contribution in [3.63, 3.8) is 0 Å². The van der Waals surface area contributed by atoms with Gasteiger partial charge in [0.1, 0.15) is 5.60 Å². The summed E-state index contributed by atoms with van der Waals surface area (Å²) < 4.78 is 42.5. The molecule has 7 atom stereocenters. The third kappa shape index (κ3) is 3.37. The summed E-state index contributed by atoms with van der Waals surface area (Å²) in [6, 6.07) is 0. The molecule has 4 nitrogen and oxygen atoms in total. The first kappa shape index (κ1) is 20.4. The monoisotopic (exact) mass is 418 g/mol. The van der Waals surface area contributed by atoms with E-state index in [0.717, 1.165) is 12.8 Å². The summed E-state index contributed by atoms with van der Waals surface area (Å²) in [5.74, 6) is -1.83. The Hall–Kier alpha value is 0.110. The lowest BCUT2D eigenvalue weighted by atomic mass is 9.59. The zero-order valence-electron chi connectivity index (χ0n) is 14.1. The zero-order chi connectivity index (χ0) is 18.3. The molecule has 2 N–H and O–H groups in total. The molecule has 1 saturated heterocycles. The quantitative estimate of drug-likeness (QED) is 0.406. The molecule has 1 aliphatic heterocycles. The van der Waals surface area contributed by atoms with Crippen molar-refractivity contribution in [1.29, 1.82) is 0 Å². The van der Waals surface area contributed by atoms with E-state index in [9.17, 15) is 23.5 Å². The van der Waals surface area contributed by atoms with Gasteiger partial charge in [-0.3, -0.25) is 5.26 Å². The summed E-state index contributed by atoms with van der Waals surface area (Å²) in [6.45, 7) is 5.30. The van der Waals surface area contributed by atoms with Gasteiger partial charge in [0, 0.05) is 11.8 Å². The fourth-order valence-electron chi connectivity index (χ4n) is 4.52. The van der Waals surface area contributed by atoms with Crippen LogP contribution in [-0.4, -0.2) is 39.4 Å². The smallest absolute Gasteiger partial charge is 0.375 e. The van der Waals surface area contributed by atoms with Crippen molar-refractivity contribution in [3.05, 3.63) is 0 Å². The lowest BCUT2D eigenvalue weighted by Gasteiger charge is -2.52. The van der Waals surface area contributed by atoms with Gasteiger partial charge in [0.25, 0.3) is 0 Å². The number of ether oxygens (including phenoxy) is 1. The van der Waals surface area contributed by atoms with Gasteiger partial charge in [0.15, 0.2) is 0 Å². The van der Waals surface area contributed by atoms with Crippen LogP contribution >= 0.6 is 15.9 Å². The predicted molar refractivity (Wildman–Crippen MR) is 85.6 cm³/mol. The van der Waals surface area contributed by atoms with E-state index in [0.29, 0.717) is 12.8 Å². The summed E-state index contributed by atoms with van der Waals surface area (Å²) in [5.41, 5.74) is -1.24. The summed E-state index contributed by atoms with van der Waals surface area (Å²) in [5, 5.41) is 19.8. The highest BCUT2D eigenvalue weighted by atomic mass is 79.9. The van der Waals surface area contributed by atoms with Crippen LogP contribution in [0.25, 0.3) is 0 Å². The lowest BCUT2D eigenvalue weighted by molar-refractivity contribution is -0.380. The average molecular weight is 419 g/mol. The van der Waals surface area contributed by atoms with Crippen molar-refractivity contribution in [2.75, 3.05) is 6.61 Å². The number of aliphatic hydroxyl groups is 1. The molecule has 0 aromatic carbocycles. The maximum atomic E-state index is 13.3. The Morgan fingerprint density at radius 1 is 1.21 bits per heavy atom. The maximum Gasteiger partial charge on any atom is 0.427 e. The van der Waals surface area contributed by atoms with Crippen LogP contribution in [0.15, 0.2) is 0 Å². The Balaban J connectivity index is 2.41. The normalized spacial score (nSPS) is 41.9. The number of fused-ring (bicyclic) bond motifs is 1. The van der Waals surface area contributed by atoms with Crippen molar-refractivity contribution in [3.8, 4) is 0 Å². The molecule has 142 valence electrons. The van der Waals surface area contributed by atoms with Crippen molar-refractivity contribution >= 4 is 15.9 Å². The van der Waals surface area contributed by atoms with E-state index < -0.39 is 28.1 Å². The van der Waals surface area contributed by atoms with Crippen LogP contribution in [0.2, 0.25) is 0 Å². The largest absolute Gasteiger partial charge is 0.427 e. The van der Waals surface area contributed by atoms with Gasteiger partial charge in [-0.15, -0.1) is 0 Å². The van der Waals surface area contributed by atoms with Gasteiger partial charge in [-0.1, -0.05) is 13.8 Å². The Kier molecular flexibility index (Phi) is 5.98. The summed E-state index contributed by atoms with van der Waals surface area (Å²) in [6.07, 6.45) is -2.27. The molecular formula is C16H26BrF3O4. The highest BCUT2D eigenvalue weighted by Crippen LogP contribution is 2.55. The SMILES string of the molecule is C[C@@H]1CC[C@@H]([C@@H](C)[C@](O)(Br)C(F)(F)F)[C@@]2(OO)CO[C@@H](C)CCC12. The molecule has 2 fully saturated rings. The second-order valence-electron chi connectivity index (χ2n) is 7.47. The first-order chi connectivity index (χ1) is 11.0. The average Bonchev–Trinajstić information content (AvgIpc) is 2.67. The van der Waals surface area contributed by atoms with Crippen LogP contribution < -0.4 is 0 Å². The molecule has 2 aliphatic rings. The molecule has 0 aromatic heterocycles. The molecule has 2 rings (SSSR count). The minimum atomic E-state index is -4.83. The van der Waals surface area contributed by atoms with E-state index >= 15 is 0 Å². The topological polar surface area (TPSA) is 58.9 Å². The molecule has 0 radical (unpaired) electrons. The van der Waals surface area contributed by atoms with Gasteiger partial charge in [0.2, 0.25) is 4.51 Å². The maximum absolute atomic E-state index is 13.3. The van der Waals surface area contributed by atoms with Crippen LogP contribution in [0.5, 0.6) is 0 Å². The second-order valence-corrected chi connectivity index (χ2v) is 8.68. The molecule has 0 amide bonds. The van der Waals surface area contributed by atoms with Crippen molar-refractivity contribution in [2.45, 2.75) is 68.8 Å². The molecule has 8 heteroatoms. The van der Waals surface area contributed by atoms with Crippen LogP contribution in [-0.2, 0) is 9.62 Å². The molecule has 0 spiro atoms. The molecular weight excluding hydrogens is 393 g/mol.